The van der Waals surface area contributed by atoms with Crippen LogP contribution in [0, 0.1) is 5.92 Å². The van der Waals surface area contributed by atoms with E-state index in [0.717, 1.165) is 6.07 Å². The van der Waals surface area contributed by atoms with Gasteiger partial charge in [-0.1, -0.05) is 35.5 Å². The maximum atomic E-state index is 13.2. The number of anilines is 1. The highest BCUT2D eigenvalue weighted by atomic mass is 19.4. The normalized spacial score (nSPS) is 18.9. The first-order valence-corrected chi connectivity index (χ1v) is 8.38. The van der Waals surface area contributed by atoms with E-state index in [1.54, 1.807) is 36.5 Å². The van der Waals surface area contributed by atoms with Crippen LogP contribution in [0.15, 0.2) is 60.9 Å². The average Bonchev–Trinajstić information content (AvgIpc) is 3.27. The molecular formula is C19H15F3N4O. The second-order valence-corrected chi connectivity index (χ2v) is 6.39. The SMILES string of the molecule is O=C(Nc1ccccc1-n1ccnn1)C1CC1c1ccccc1C(F)(F)F. The predicted octanol–water partition coefficient (Wildman–Crippen LogP) is 4.03. The lowest BCUT2D eigenvalue weighted by Gasteiger charge is -2.13. The Kier molecular flexibility index (Phi) is 4.18. The molecule has 138 valence electrons. The molecule has 0 saturated heterocycles. The van der Waals surface area contributed by atoms with Crippen molar-refractivity contribution in [3.63, 3.8) is 0 Å². The van der Waals surface area contributed by atoms with E-state index < -0.39 is 23.6 Å². The van der Waals surface area contributed by atoms with Crippen LogP contribution in [0.5, 0.6) is 0 Å². The van der Waals surface area contributed by atoms with Crippen LogP contribution in [0.2, 0.25) is 0 Å². The third-order valence-electron chi connectivity index (χ3n) is 4.62. The van der Waals surface area contributed by atoms with Gasteiger partial charge in [-0.3, -0.25) is 4.79 Å². The van der Waals surface area contributed by atoms with Gasteiger partial charge in [0.2, 0.25) is 5.91 Å². The molecule has 2 atom stereocenters. The molecule has 1 amide bonds. The van der Waals surface area contributed by atoms with Crippen molar-refractivity contribution in [1.29, 1.82) is 0 Å². The van der Waals surface area contributed by atoms with E-state index in [1.165, 1.54) is 23.0 Å². The van der Waals surface area contributed by atoms with Crippen molar-refractivity contribution in [2.45, 2.75) is 18.5 Å². The number of carbonyl (C=O) groups is 1. The van der Waals surface area contributed by atoms with Gasteiger partial charge >= 0.3 is 6.18 Å². The third kappa shape index (κ3) is 3.42. The number of alkyl halides is 3. The largest absolute Gasteiger partial charge is 0.416 e. The summed E-state index contributed by atoms with van der Waals surface area (Å²) in [4.78, 5) is 12.6. The average molecular weight is 372 g/mol. The molecule has 1 aliphatic rings. The number of carbonyl (C=O) groups excluding carboxylic acids is 1. The van der Waals surface area contributed by atoms with Gasteiger partial charge in [0, 0.05) is 5.92 Å². The molecule has 1 saturated carbocycles. The molecule has 1 N–H and O–H groups in total. The fraction of sp³-hybridized carbons (Fsp3) is 0.211. The van der Waals surface area contributed by atoms with Crippen LogP contribution in [0.4, 0.5) is 18.9 Å². The fourth-order valence-electron chi connectivity index (χ4n) is 3.25. The van der Waals surface area contributed by atoms with E-state index in [2.05, 4.69) is 15.6 Å². The van der Waals surface area contributed by atoms with E-state index in [-0.39, 0.29) is 11.5 Å². The summed E-state index contributed by atoms with van der Waals surface area (Å²) >= 11 is 0. The highest BCUT2D eigenvalue weighted by Gasteiger charge is 2.47. The van der Waals surface area contributed by atoms with E-state index >= 15 is 0 Å². The highest BCUT2D eigenvalue weighted by Crippen LogP contribution is 2.51. The van der Waals surface area contributed by atoms with E-state index in [0.29, 0.717) is 17.8 Å². The predicted molar refractivity (Wildman–Crippen MR) is 92.3 cm³/mol. The number of nitrogens with one attached hydrogen (secondary N) is 1. The molecule has 0 radical (unpaired) electrons. The Bertz CT molecular complexity index is 969. The zero-order valence-electron chi connectivity index (χ0n) is 14.0. The Labute approximate surface area is 152 Å². The van der Waals surface area contributed by atoms with E-state index in [4.69, 9.17) is 0 Å². The first-order valence-electron chi connectivity index (χ1n) is 8.38. The number of amides is 1. The minimum absolute atomic E-state index is 0.176. The van der Waals surface area contributed by atoms with Gasteiger partial charge in [0.1, 0.15) is 0 Å². The molecule has 3 aromatic rings. The van der Waals surface area contributed by atoms with Crippen molar-refractivity contribution in [1.82, 2.24) is 15.0 Å². The third-order valence-corrected chi connectivity index (χ3v) is 4.62. The molecule has 1 aromatic heterocycles. The maximum absolute atomic E-state index is 13.2. The van der Waals surface area contributed by atoms with Gasteiger partial charge < -0.3 is 5.32 Å². The second kappa shape index (κ2) is 6.53. The van der Waals surface area contributed by atoms with Crippen molar-refractivity contribution in [3.8, 4) is 5.69 Å². The van der Waals surface area contributed by atoms with Crippen molar-refractivity contribution in [2.24, 2.45) is 5.92 Å². The van der Waals surface area contributed by atoms with Gasteiger partial charge in [-0.15, -0.1) is 5.10 Å². The van der Waals surface area contributed by atoms with Gasteiger partial charge in [-0.25, -0.2) is 4.68 Å². The first kappa shape index (κ1) is 17.3. The fourth-order valence-corrected chi connectivity index (χ4v) is 3.25. The van der Waals surface area contributed by atoms with Gasteiger partial charge in [-0.2, -0.15) is 13.2 Å². The standard InChI is InChI=1S/C19H15F3N4O/c20-19(21,22)15-6-2-1-5-12(15)13-11-14(13)18(27)24-16-7-3-4-8-17(16)26-10-9-23-25-26/h1-10,13-14H,11H2,(H,24,27). The zero-order valence-corrected chi connectivity index (χ0v) is 14.0. The van der Waals surface area contributed by atoms with Crippen LogP contribution in [-0.2, 0) is 11.0 Å². The van der Waals surface area contributed by atoms with Crippen molar-refractivity contribution >= 4 is 11.6 Å². The topological polar surface area (TPSA) is 59.8 Å². The minimum Gasteiger partial charge on any atom is -0.324 e. The molecule has 2 aromatic carbocycles. The van der Waals surface area contributed by atoms with Crippen LogP contribution in [0.1, 0.15) is 23.5 Å². The summed E-state index contributed by atoms with van der Waals surface area (Å²) in [5.74, 6) is -1.22. The summed E-state index contributed by atoms with van der Waals surface area (Å²) in [6, 6.07) is 12.5. The molecule has 1 heterocycles. The minimum atomic E-state index is -4.43. The molecule has 0 aliphatic heterocycles. The molecule has 1 aliphatic carbocycles. The van der Waals surface area contributed by atoms with Crippen LogP contribution in [0.3, 0.4) is 0 Å². The lowest BCUT2D eigenvalue weighted by Crippen LogP contribution is -2.17. The number of hydrogen-bond donors (Lipinski definition) is 1. The zero-order chi connectivity index (χ0) is 19.0. The highest BCUT2D eigenvalue weighted by molar-refractivity contribution is 5.96. The van der Waals surface area contributed by atoms with Crippen LogP contribution in [0.25, 0.3) is 5.69 Å². The summed E-state index contributed by atoms with van der Waals surface area (Å²) in [5.41, 5.74) is 0.669. The summed E-state index contributed by atoms with van der Waals surface area (Å²) in [5, 5.41) is 10.5. The van der Waals surface area contributed by atoms with Crippen LogP contribution >= 0.6 is 0 Å². The van der Waals surface area contributed by atoms with Crippen molar-refractivity contribution in [2.75, 3.05) is 5.32 Å². The monoisotopic (exact) mass is 372 g/mol. The summed E-state index contributed by atoms with van der Waals surface area (Å²) < 4.78 is 41.1. The number of hydrogen-bond acceptors (Lipinski definition) is 3. The second-order valence-electron chi connectivity index (χ2n) is 6.39. The van der Waals surface area contributed by atoms with Gasteiger partial charge in [0.15, 0.2) is 0 Å². The summed E-state index contributed by atoms with van der Waals surface area (Å²) in [6.45, 7) is 0. The van der Waals surface area contributed by atoms with Crippen molar-refractivity contribution in [3.05, 3.63) is 72.1 Å². The molecule has 8 heteroatoms. The lowest BCUT2D eigenvalue weighted by atomic mass is 10.0. The molecule has 27 heavy (non-hydrogen) atoms. The number of halogens is 3. The number of nitrogens with zero attached hydrogens (tertiary/aromatic N) is 3. The number of aromatic nitrogens is 3. The van der Waals surface area contributed by atoms with Crippen LogP contribution in [-0.4, -0.2) is 20.9 Å². The molecule has 4 rings (SSSR count). The lowest BCUT2D eigenvalue weighted by molar-refractivity contribution is -0.138. The summed E-state index contributed by atoms with van der Waals surface area (Å²) in [7, 11) is 0. The number of para-hydroxylation sites is 2. The Morgan fingerprint density at radius 3 is 2.59 bits per heavy atom. The van der Waals surface area contributed by atoms with Gasteiger partial charge in [-0.05, 0) is 36.1 Å². The molecule has 5 nitrogen and oxygen atoms in total. The molecule has 0 bridgehead atoms. The maximum Gasteiger partial charge on any atom is 0.416 e. The Morgan fingerprint density at radius 1 is 1.11 bits per heavy atom. The number of benzene rings is 2. The molecular weight excluding hydrogens is 357 g/mol. The van der Waals surface area contributed by atoms with E-state index in [9.17, 15) is 18.0 Å². The number of rotatable bonds is 4. The smallest absolute Gasteiger partial charge is 0.324 e. The Morgan fingerprint density at radius 2 is 1.85 bits per heavy atom. The quantitative estimate of drug-likeness (QED) is 0.752. The Balaban J connectivity index is 1.53. The summed E-state index contributed by atoms with van der Waals surface area (Å²) in [6.07, 6.45) is -0.877. The van der Waals surface area contributed by atoms with Gasteiger partial charge in [0.25, 0.3) is 0 Å². The molecule has 1 fully saturated rings. The molecule has 0 spiro atoms. The Hall–Kier alpha value is -3.16. The van der Waals surface area contributed by atoms with E-state index in [1.807, 2.05) is 0 Å². The van der Waals surface area contributed by atoms with Gasteiger partial charge in [0.05, 0.1) is 29.3 Å². The van der Waals surface area contributed by atoms with Crippen LogP contribution < -0.4 is 5.32 Å². The first-order chi connectivity index (χ1) is 12.9. The van der Waals surface area contributed by atoms with Crippen molar-refractivity contribution < 1.29 is 18.0 Å². The molecule has 2 unspecified atom stereocenters.